The van der Waals surface area contributed by atoms with Crippen molar-refractivity contribution in [3.8, 4) is 6.07 Å². The van der Waals surface area contributed by atoms with Gasteiger partial charge in [-0.25, -0.2) is 4.98 Å². The normalized spacial score (nSPS) is 12.7. The molecule has 1 aromatic carbocycles. The van der Waals surface area contributed by atoms with Crippen molar-refractivity contribution < 1.29 is 18.3 Å². The topological polar surface area (TPSA) is 78.9 Å². The maximum Gasteiger partial charge on any atom is 0.417 e. The Morgan fingerprint density at radius 2 is 2.00 bits per heavy atom. The van der Waals surface area contributed by atoms with Crippen LogP contribution in [-0.4, -0.2) is 14.7 Å². The number of hydrogen-bond acceptors (Lipinski definition) is 5. The number of thiazole rings is 1. The summed E-state index contributed by atoms with van der Waals surface area (Å²) < 4.78 is 39.9. The number of pyridine rings is 1. The van der Waals surface area contributed by atoms with Gasteiger partial charge in [0.15, 0.2) is 0 Å². The fourth-order valence-electron chi connectivity index (χ4n) is 2.28. The number of halogens is 3. The molecule has 5 nitrogen and oxygen atoms in total. The molecule has 132 valence electrons. The number of nitriles is 1. The summed E-state index contributed by atoms with van der Waals surface area (Å²) in [6.07, 6.45) is -4.02. The van der Waals surface area contributed by atoms with Crippen LogP contribution in [0.25, 0.3) is 15.8 Å². The van der Waals surface area contributed by atoms with Crippen molar-refractivity contribution in [2.45, 2.75) is 12.7 Å². The molecular weight excluding hydrogens is 367 g/mol. The molecule has 0 saturated carbocycles. The summed E-state index contributed by atoms with van der Waals surface area (Å²) in [6, 6.07) is 10.3. The zero-order valence-corrected chi connectivity index (χ0v) is 13.8. The molecule has 1 N–H and O–H groups in total. The lowest BCUT2D eigenvalue weighted by atomic mass is 10.2. The highest BCUT2D eigenvalue weighted by atomic mass is 32.1. The Hall–Kier alpha value is -3.12. The van der Waals surface area contributed by atoms with Crippen molar-refractivity contribution in [1.82, 2.24) is 9.55 Å². The molecule has 9 heteroatoms. The number of rotatable bonds is 3. The van der Waals surface area contributed by atoms with E-state index in [4.69, 9.17) is 0 Å². The number of allylic oxidation sites excluding steroid dienone is 2. The van der Waals surface area contributed by atoms with Crippen molar-refractivity contribution in [3.63, 3.8) is 0 Å². The quantitative estimate of drug-likeness (QED) is 0.553. The highest BCUT2D eigenvalue weighted by Crippen LogP contribution is 2.29. The number of para-hydroxylation sites is 1. The average Bonchev–Trinajstić information content (AvgIpc) is 3.00. The Balaban J connectivity index is 2.02. The summed E-state index contributed by atoms with van der Waals surface area (Å²) in [5, 5.41) is 19.8. The molecule has 0 aliphatic heterocycles. The SMILES string of the molecule is N#C/C(=C(/O)Cn1cc(C(F)(F)F)ccc1=O)c1nc2ccccc2s1. The van der Waals surface area contributed by atoms with Crippen LogP contribution in [0.4, 0.5) is 13.2 Å². The van der Waals surface area contributed by atoms with Gasteiger partial charge in [-0.2, -0.15) is 18.4 Å². The monoisotopic (exact) mass is 377 g/mol. The number of benzene rings is 1. The van der Waals surface area contributed by atoms with Gasteiger partial charge >= 0.3 is 6.18 Å². The van der Waals surface area contributed by atoms with Crippen LogP contribution in [0.5, 0.6) is 0 Å². The molecule has 3 rings (SSSR count). The first kappa shape index (κ1) is 17.7. The summed E-state index contributed by atoms with van der Waals surface area (Å²) in [4.78, 5) is 16.0. The fourth-order valence-corrected chi connectivity index (χ4v) is 3.26. The van der Waals surface area contributed by atoms with Crippen LogP contribution < -0.4 is 5.56 Å². The Bertz CT molecular complexity index is 1070. The third kappa shape index (κ3) is 3.45. The van der Waals surface area contributed by atoms with Gasteiger partial charge in [0.25, 0.3) is 5.56 Å². The molecule has 2 aromatic heterocycles. The summed E-state index contributed by atoms with van der Waals surface area (Å²) >= 11 is 1.16. The minimum absolute atomic E-state index is 0.185. The first-order valence-corrected chi connectivity index (χ1v) is 8.07. The van der Waals surface area contributed by atoms with E-state index in [0.29, 0.717) is 22.3 Å². The van der Waals surface area contributed by atoms with Crippen molar-refractivity contribution in [3.05, 3.63) is 69.3 Å². The Morgan fingerprint density at radius 3 is 2.65 bits per heavy atom. The molecule has 0 unspecified atom stereocenters. The third-order valence-electron chi connectivity index (χ3n) is 3.54. The van der Waals surface area contributed by atoms with Gasteiger partial charge in [0.2, 0.25) is 0 Å². The lowest BCUT2D eigenvalue weighted by Gasteiger charge is -2.10. The number of nitrogens with zero attached hydrogens (tertiary/aromatic N) is 3. The Kier molecular flexibility index (Phi) is 4.52. The zero-order chi connectivity index (χ0) is 18.9. The molecule has 0 aliphatic rings. The van der Waals surface area contributed by atoms with E-state index in [0.717, 1.165) is 22.1 Å². The van der Waals surface area contributed by atoms with E-state index in [-0.39, 0.29) is 10.6 Å². The second-order valence-corrected chi connectivity index (χ2v) is 6.33. The molecule has 0 radical (unpaired) electrons. The highest BCUT2D eigenvalue weighted by molar-refractivity contribution is 7.19. The summed E-state index contributed by atoms with van der Waals surface area (Å²) in [6.45, 7) is -0.568. The maximum atomic E-state index is 12.8. The molecule has 0 bridgehead atoms. The van der Waals surface area contributed by atoms with Crippen LogP contribution in [0.3, 0.4) is 0 Å². The first-order valence-electron chi connectivity index (χ1n) is 7.25. The van der Waals surface area contributed by atoms with Gasteiger partial charge in [0.1, 0.15) is 22.4 Å². The van der Waals surface area contributed by atoms with Crippen molar-refractivity contribution in [2.75, 3.05) is 0 Å². The van der Waals surface area contributed by atoms with Gasteiger partial charge in [0.05, 0.1) is 22.3 Å². The lowest BCUT2D eigenvalue weighted by molar-refractivity contribution is -0.138. The zero-order valence-electron chi connectivity index (χ0n) is 13.0. The van der Waals surface area contributed by atoms with Crippen LogP contribution in [-0.2, 0) is 12.7 Å². The molecule has 0 aliphatic carbocycles. The van der Waals surface area contributed by atoms with Gasteiger partial charge in [-0.05, 0) is 18.2 Å². The second kappa shape index (κ2) is 6.65. The van der Waals surface area contributed by atoms with Crippen LogP contribution in [0.15, 0.2) is 53.1 Å². The van der Waals surface area contributed by atoms with Gasteiger partial charge in [-0.15, -0.1) is 11.3 Å². The number of alkyl halides is 3. The maximum absolute atomic E-state index is 12.8. The fraction of sp³-hybridized carbons (Fsp3) is 0.118. The molecule has 0 saturated heterocycles. The summed E-state index contributed by atoms with van der Waals surface area (Å²) in [5.74, 6) is -0.534. The van der Waals surface area contributed by atoms with E-state index in [1.807, 2.05) is 0 Å². The van der Waals surface area contributed by atoms with Crippen molar-refractivity contribution in [2.24, 2.45) is 0 Å². The predicted octanol–water partition coefficient (Wildman–Crippen LogP) is 3.97. The van der Waals surface area contributed by atoms with Gasteiger partial charge in [-0.1, -0.05) is 12.1 Å². The minimum Gasteiger partial charge on any atom is -0.509 e. The minimum atomic E-state index is -4.63. The first-order chi connectivity index (χ1) is 12.3. The standard InChI is InChI=1S/C17H10F3N3O2S/c18-17(19,20)10-5-6-15(25)23(8-10)9-13(24)11(7-21)16-22-12-3-1-2-4-14(12)26-16/h1-6,8,24H,9H2/b13-11-. The average molecular weight is 377 g/mol. The van der Waals surface area contributed by atoms with E-state index in [2.05, 4.69) is 4.98 Å². The van der Waals surface area contributed by atoms with Crippen molar-refractivity contribution >= 4 is 27.1 Å². The molecule has 0 spiro atoms. The molecule has 26 heavy (non-hydrogen) atoms. The van der Waals surface area contributed by atoms with Crippen molar-refractivity contribution in [1.29, 1.82) is 5.26 Å². The van der Waals surface area contributed by atoms with E-state index < -0.39 is 29.6 Å². The molecule has 0 fully saturated rings. The number of hydrogen-bond donors (Lipinski definition) is 1. The van der Waals surface area contributed by atoms with E-state index in [9.17, 15) is 28.3 Å². The Morgan fingerprint density at radius 1 is 1.27 bits per heavy atom. The summed E-state index contributed by atoms with van der Waals surface area (Å²) in [7, 11) is 0. The largest absolute Gasteiger partial charge is 0.509 e. The Labute approximate surface area is 148 Å². The van der Waals surface area contributed by atoms with E-state index >= 15 is 0 Å². The van der Waals surface area contributed by atoms with Gasteiger partial charge < -0.3 is 9.67 Å². The van der Waals surface area contributed by atoms with Crippen LogP contribution in [0.2, 0.25) is 0 Å². The molecular formula is C17H10F3N3O2S. The van der Waals surface area contributed by atoms with E-state index in [1.165, 1.54) is 0 Å². The number of aliphatic hydroxyl groups excluding tert-OH is 1. The van der Waals surface area contributed by atoms with Crippen LogP contribution in [0, 0.1) is 11.3 Å². The number of aliphatic hydroxyl groups is 1. The van der Waals surface area contributed by atoms with Crippen LogP contribution in [0.1, 0.15) is 10.6 Å². The molecule has 0 atom stereocenters. The second-order valence-electron chi connectivity index (χ2n) is 5.30. The predicted molar refractivity (Wildman–Crippen MR) is 90.5 cm³/mol. The number of aromatic nitrogens is 2. The van der Waals surface area contributed by atoms with Crippen LogP contribution >= 0.6 is 11.3 Å². The van der Waals surface area contributed by atoms with Gasteiger partial charge in [0, 0.05) is 12.3 Å². The lowest BCUT2D eigenvalue weighted by Crippen LogP contribution is -2.22. The van der Waals surface area contributed by atoms with E-state index in [1.54, 1.807) is 30.3 Å². The third-order valence-corrected chi connectivity index (χ3v) is 4.59. The molecule has 2 heterocycles. The van der Waals surface area contributed by atoms with Gasteiger partial charge in [-0.3, -0.25) is 4.79 Å². The number of fused-ring (bicyclic) bond motifs is 1. The molecule has 3 aromatic rings. The molecule has 0 amide bonds. The highest BCUT2D eigenvalue weighted by Gasteiger charge is 2.31. The smallest absolute Gasteiger partial charge is 0.417 e. The summed E-state index contributed by atoms with van der Waals surface area (Å²) in [5.41, 5.74) is -1.31.